The summed E-state index contributed by atoms with van der Waals surface area (Å²) >= 11 is 0. The largest absolute Gasteiger partial charge is 0.490 e. The lowest BCUT2D eigenvalue weighted by molar-refractivity contribution is 0.0923. The zero-order valence-corrected chi connectivity index (χ0v) is 16.5. The molecule has 28 heavy (non-hydrogen) atoms. The highest BCUT2D eigenvalue weighted by molar-refractivity contribution is 5.94. The molecule has 1 aliphatic rings. The average molecular weight is 383 g/mol. The van der Waals surface area contributed by atoms with Gasteiger partial charge in [0.2, 0.25) is 0 Å². The highest BCUT2D eigenvalue weighted by atomic mass is 16.5. The van der Waals surface area contributed by atoms with Gasteiger partial charge in [-0.2, -0.15) is 0 Å². The number of carbonyl (C=O) groups excluding carboxylic acids is 1. The van der Waals surface area contributed by atoms with E-state index >= 15 is 0 Å². The minimum Gasteiger partial charge on any atom is -0.490 e. The summed E-state index contributed by atoms with van der Waals surface area (Å²) in [6.07, 6.45) is 2.80. The minimum atomic E-state index is -0.551. The molecule has 1 saturated heterocycles. The molecule has 1 atom stereocenters. The molecule has 0 saturated carbocycles. The zero-order chi connectivity index (χ0) is 19.8. The number of carbonyl (C=O) groups is 1. The molecule has 2 aromatic rings. The molecule has 0 aromatic heterocycles. The van der Waals surface area contributed by atoms with Crippen molar-refractivity contribution in [1.29, 1.82) is 0 Å². The normalized spacial score (nSPS) is 16.5. The maximum atomic E-state index is 12.0. The van der Waals surface area contributed by atoms with Crippen LogP contribution in [0.1, 0.15) is 35.7 Å². The van der Waals surface area contributed by atoms with Gasteiger partial charge in [-0.05, 0) is 56.0 Å². The van der Waals surface area contributed by atoms with Crippen molar-refractivity contribution in [2.75, 3.05) is 26.2 Å². The molecule has 1 fully saturated rings. The molecule has 2 aromatic carbocycles. The molecule has 2 N–H and O–H groups in total. The molecule has 1 heterocycles. The zero-order valence-electron chi connectivity index (χ0n) is 16.5. The highest BCUT2D eigenvalue weighted by Crippen LogP contribution is 2.20. The Morgan fingerprint density at radius 2 is 1.82 bits per heavy atom. The fourth-order valence-corrected chi connectivity index (χ4v) is 3.40. The van der Waals surface area contributed by atoms with E-state index in [9.17, 15) is 9.90 Å². The standard InChI is InChI=1S/C23H30N2O3/c1-18(26)17-24-23(27)20-7-9-21(10-8-20)28-22-12-15-25(16-13-22)14-11-19-5-3-2-4-6-19/h2-10,18,22,26H,11-17H2,1H3,(H,24,27)/t18-/m0/s1. The smallest absolute Gasteiger partial charge is 0.251 e. The van der Waals surface area contributed by atoms with E-state index in [0.29, 0.717) is 5.56 Å². The molecule has 5 heteroatoms. The number of hydrogen-bond donors (Lipinski definition) is 2. The minimum absolute atomic E-state index is 0.181. The summed E-state index contributed by atoms with van der Waals surface area (Å²) in [5.74, 6) is 0.619. The van der Waals surface area contributed by atoms with E-state index in [-0.39, 0.29) is 18.6 Å². The first-order chi connectivity index (χ1) is 13.6. The van der Waals surface area contributed by atoms with E-state index in [2.05, 4.69) is 40.5 Å². The van der Waals surface area contributed by atoms with Gasteiger partial charge in [-0.3, -0.25) is 4.79 Å². The van der Waals surface area contributed by atoms with Crippen LogP contribution in [0.2, 0.25) is 0 Å². The Labute approximate surface area is 167 Å². The predicted octanol–water partition coefficient (Wildman–Crippen LogP) is 2.88. The van der Waals surface area contributed by atoms with Crippen LogP contribution in [0.5, 0.6) is 5.75 Å². The highest BCUT2D eigenvalue weighted by Gasteiger charge is 2.20. The summed E-state index contributed by atoms with van der Waals surface area (Å²) in [6.45, 7) is 5.09. The summed E-state index contributed by atoms with van der Waals surface area (Å²) in [5.41, 5.74) is 1.96. The second-order valence-electron chi connectivity index (χ2n) is 7.48. The summed E-state index contributed by atoms with van der Waals surface area (Å²) in [7, 11) is 0. The summed E-state index contributed by atoms with van der Waals surface area (Å²) in [5, 5.41) is 11.9. The first kappa shape index (κ1) is 20.4. The van der Waals surface area contributed by atoms with Gasteiger partial charge in [0.1, 0.15) is 11.9 Å². The van der Waals surface area contributed by atoms with Gasteiger partial charge in [-0.1, -0.05) is 30.3 Å². The Hall–Kier alpha value is -2.37. The van der Waals surface area contributed by atoms with Crippen LogP contribution in [0.15, 0.2) is 54.6 Å². The Kier molecular flexibility index (Phi) is 7.46. The van der Waals surface area contributed by atoms with E-state index in [1.165, 1.54) is 5.56 Å². The lowest BCUT2D eigenvalue weighted by Crippen LogP contribution is -2.39. The molecule has 0 radical (unpaired) electrons. The number of amides is 1. The molecule has 0 spiro atoms. The number of aliphatic hydroxyl groups excluding tert-OH is 1. The van der Waals surface area contributed by atoms with Crippen LogP contribution in [-0.2, 0) is 6.42 Å². The van der Waals surface area contributed by atoms with Gasteiger partial charge in [-0.15, -0.1) is 0 Å². The van der Waals surface area contributed by atoms with Crippen molar-refractivity contribution in [3.05, 3.63) is 65.7 Å². The fraction of sp³-hybridized carbons (Fsp3) is 0.435. The van der Waals surface area contributed by atoms with Gasteiger partial charge in [0.15, 0.2) is 0 Å². The number of nitrogens with one attached hydrogen (secondary N) is 1. The van der Waals surface area contributed by atoms with E-state index in [4.69, 9.17) is 4.74 Å². The van der Waals surface area contributed by atoms with Crippen molar-refractivity contribution >= 4 is 5.91 Å². The third-order valence-electron chi connectivity index (χ3n) is 5.07. The molecule has 1 aliphatic heterocycles. The monoisotopic (exact) mass is 382 g/mol. The molecule has 150 valence electrons. The quantitative estimate of drug-likeness (QED) is 0.737. The van der Waals surface area contributed by atoms with Crippen LogP contribution in [0.25, 0.3) is 0 Å². The number of hydrogen-bond acceptors (Lipinski definition) is 4. The Morgan fingerprint density at radius 3 is 2.46 bits per heavy atom. The fourth-order valence-electron chi connectivity index (χ4n) is 3.40. The molecule has 0 unspecified atom stereocenters. The summed E-state index contributed by atoms with van der Waals surface area (Å²) in [6, 6.07) is 17.8. The van der Waals surface area contributed by atoms with Gasteiger partial charge in [0.25, 0.3) is 5.91 Å². The second kappa shape index (κ2) is 10.2. The van der Waals surface area contributed by atoms with Gasteiger partial charge in [-0.25, -0.2) is 0 Å². The van der Waals surface area contributed by atoms with Gasteiger partial charge in [0, 0.05) is 31.7 Å². The Balaban J connectivity index is 1.40. The first-order valence-corrected chi connectivity index (χ1v) is 10.1. The van der Waals surface area contributed by atoms with E-state index in [0.717, 1.165) is 44.6 Å². The number of nitrogens with zero attached hydrogens (tertiary/aromatic N) is 1. The summed E-state index contributed by atoms with van der Waals surface area (Å²) < 4.78 is 6.10. The van der Waals surface area contributed by atoms with E-state index in [1.54, 1.807) is 19.1 Å². The van der Waals surface area contributed by atoms with Crippen LogP contribution in [-0.4, -0.2) is 54.3 Å². The van der Waals surface area contributed by atoms with Crippen molar-refractivity contribution in [2.45, 2.75) is 38.4 Å². The lowest BCUT2D eigenvalue weighted by Gasteiger charge is -2.32. The maximum Gasteiger partial charge on any atom is 0.251 e. The SMILES string of the molecule is C[C@H](O)CNC(=O)c1ccc(OC2CCN(CCc3ccccc3)CC2)cc1. The number of rotatable bonds is 8. The van der Waals surface area contributed by atoms with Crippen LogP contribution in [0, 0.1) is 0 Å². The Bertz CT molecular complexity index is 723. The van der Waals surface area contributed by atoms with Gasteiger partial charge >= 0.3 is 0 Å². The van der Waals surface area contributed by atoms with Crippen LogP contribution < -0.4 is 10.1 Å². The maximum absolute atomic E-state index is 12.0. The van der Waals surface area contributed by atoms with Gasteiger partial charge in [0.05, 0.1) is 6.10 Å². The molecule has 0 bridgehead atoms. The van der Waals surface area contributed by atoms with Crippen molar-refractivity contribution in [3.8, 4) is 5.75 Å². The molecule has 1 amide bonds. The van der Waals surface area contributed by atoms with Crippen molar-refractivity contribution in [2.24, 2.45) is 0 Å². The third-order valence-corrected chi connectivity index (χ3v) is 5.07. The van der Waals surface area contributed by atoms with Gasteiger partial charge < -0.3 is 20.1 Å². The van der Waals surface area contributed by atoms with Crippen molar-refractivity contribution in [3.63, 3.8) is 0 Å². The number of likely N-dealkylation sites (tertiary alicyclic amines) is 1. The molecular formula is C23H30N2O3. The summed E-state index contributed by atoms with van der Waals surface area (Å²) in [4.78, 5) is 14.5. The number of benzene rings is 2. The number of aliphatic hydroxyl groups is 1. The van der Waals surface area contributed by atoms with Crippen LogP contribution >= 0.6 is 0 Å². The average Bonchev–Trinajstić information content (AvgIpc) is 2.73. The van der Waals surface area contributed by atoms with Crippen molar-refractivity contribution in [1.82, 2.24) is 10.2 Å². The first-order valence-electron chi connectivity index (χ1n) is 10.1. The number of ether oxygens (including phenoxy) is 1. The lowest BCUT2D eigenvalue weighted by atomic mass is 10.1. The molecule has 0 aliphatic carbocycles. The number of piperidine rings is 1. The van der Waals surface area contributed by atoms with E-state index in [1.807, 2.05) is 12.1 Å². The van der Waals surface area contributed by atoms with E-state index < -0.39 is 6.10 Å². The third kappa shape index (κ3) is 6.36. The molecule has 3 rings (SSSR count). The second-order valence-corrected chi connectivity index (χ2v) is 7.48. The molecular weight excluding hydrogens is 352 g/mol. The molecule has 5 nitrogen and oxygen atoms in total. The van der Waals surface area contributed by atoms with Crippen LogP contribution in [0.4, 0.5) is 0 Å². The van der Waals surface area contributed by atoms with Crippen LogP contribution in [0.3, 0.4) is 0 Å². The Morgan fingerprint density at radius 1 is 1.14 bits per heavy atom. The van der Waals surface area contributed by atoms with Crippen molar-refractivity contribution < 1.29 is 14.6 Å². The predicted molar refractivity (Wildman–Crippen MR) is 111 cm³/mol. The topological polar surface area (TPSA) is 61.8 Å².